The van der Waals surface area contributed by atoms with E-state index in [4.69, 9.17) is 5.14 Å². The summed E-state index contributed by atoms with van der Waals surface area (Å²) in [6.07, 6.45) is 1.05. The monoisotopic (exact) mass is 241 g/mol. The summed E-state index contributed by atoms with van der Waals surface area (Å²) in [5.74, 6) is -0.545. The van der Waals surface area contributed by atoms with E-state index in [0.29, 0.717) is 0 Å². The van der Waals surface area contributed by atoms with Gasteiger partial charge in [-0.05, 0) is 12.1 Å². The number of H-pyrrole nitrogens is 1. The molecule has 0 fully saturated rings. The number of hydrogen-bond acceptors (Lipinski definition) is 3. The lowest BCUT2D eigenvalue weighted by Crippen LogP contribution is -2.12. The molecule has 3 N–H and O–H groups in total. The predicted octanol–water partition coefficient (Wildman–Crippen LogP) is 0.863. The molecule has 1 aromatic carbocycles. The van der Waals surface area contributed by atoms with Crippen LogP contribution in [-0.2, 0) is 10.0 Å². The van der Waals surface area contributed by atoms with Crippen LogP contribution >= 0.6 is 0 Å². The Morgan fingerprint density at radius 2 is 2.00 bits per heavy atom. The van der Waals surface area contributed by atoms with Gasteiger partial charge in [0.25, 0.3) is 0 Å². The molecule has 2 rings (SSSR count). The first kappa shape index (κ1) is 10.8. The zero-order chi connectivity index (χ0) is 11.8. The molecule has 0 unspecified atom stereocenters. The van der Waals surface area contributed by atoms with Crippen molar-refractivity contribution in [3.05, 3.63) is 36.3 Å². The van der Waals surface area contributed by atoms with Crippen molar-refractivity contribution in [2.45, 2.75) is 4.90 Å². The molecule has 0 aliphatic carbocycles. The molecule has 1 aromatic heterocycles. The van der Waals surface area contributed by atoms with Crippen LogP contribution in [0.1, 0.15) is 0 Å². The Morgan fingerprint density at radius 1 is 1.31 bits per heavy atom. The van der Waals surface area contributed by atoms with Gasteiger partial charge in [-0.2, -0.15) is 5.10 Å². The van der Waals surface area contributed by atoms with Crippen molar-refractivity contribution >= 4 is 10.0 Å². The second-order valence-corrected chi connectivity index (χ2v) is 4.66. The lowest BCUT2D eigenvalue weighted by molar-refractivity contribution is 0.598. The van der Waals surface area contributed by atoms with Crippen LogP contribution in [0, 0.1) is 5.82 Å². The van der Waals surface area contributed by atoms with Crippen molar-refractivity contribution in [1.29, 1.82) is 0 Å². The standard InChI is InChI=1S/C9H8FN3O2S/c10-7-4-2-1-3-6(7)9-8(5-12-13-9)16(11,14)15/h1-5H,(H,12,13)(H2,11,14,15). The van der Waals surface area contributed by atoms with Gasteiger partial charge in [0.05, 0.1) is 11.9 Å². The number of benzene rings is 1. The first-order chi connectivity index (χ1) is 7.50. The van der Waals surface area contributed by atoms with Crippen molar-refractivity contribution in [3.63, 3.8) is 0 Å². The van der Waals surface area contributed by atoms with Crippen molar-refractivity contribution in [3.8, 4) is 11.3 Å². The number of nitrogens with zero attached hydrogens (tertiary/aromatic N) is 1. The normalized spacial score (nSPS) is 11.6. The quantitative estimate of drug-likeness (QED) is 0.817. The van der Waals surface area contributed by atoms with Crippen LogP contribution in [0.15, 0.2) is 35.4 Å². The highest BCUT2D eigenvalue weighted by molar-refractivity contribution is 7.89. The average molecular weight is 241 g/mol. The highest BCUT2D eigenvalue weighted by Crippen LogP contribution is 2.25. The third-order valence-corrected chi connectivity index (χ3v) is 2.98. The summed E-state index contributed by atoms with van der Waals surface area (Å²) in [5.41, 5.74) is 0.171. The van der Waals surface area contributed by atoms with Crippen LogP contribution in [0.3, 0.4) is 0 Å². The lowest BCUT2D eigenvalue weighted by Gasteiger charge is -2.02. The SMILES string of the molecule is NS(=O)(=O)c1cn[nH]c1-c1ccccc1F. The van der Waals surface area contributed by atoms with Crippen LogP contribution in [0.5, 0.6) is 0 Å². The minimum Gasteiger partial charge on any atom is -0.276 e. The van der Waals surface area contributed by atoms with Gasteiger partial charge in [-0.25, -0.2) is 17.9 Å². The molecule has 2 aromatic rings. The molecule has 1 heterocycles. The molecule has 0 saturated heterocycles. The van der Waals surface area contributed by atoms with E-state index in [9.17, 15) is 12.8 Å². The molecule has 84 valence electrons. The highest BCUT2D eigenvalue weighted by Gasteiger charge is 2.19. The maximum absolute atomic E-state index is 13.4. The Kier molecular flexibility index (Phi) is 2.49. The number of primary sulfonamides is 1. The number of rotatable bonds is 2. The van der Waals surface area contributed by atoms with Gasteiger partial charge in [0.15, 0.2) is 0 Å². The van der Waals surface area contributed by atoms with Crippen molar-refractivity contribution in [2.75, 3.05) is 0 Å². The Hall–Kier alpha value is -1.73. The molecule has 0 atom stereocenters. The Balaban J connectivity index is 2.68. The number of nitrogens with two attached hydrogens (primary N) is 1. The predicted molar refractivity (Wildman–Crippen MR) is 55.4 cm³/mol. The van der Waals surface area contributed by atoms with E-state index in [1.54, 1.807) is 6.07 Å². The van der Waals surface area contributed by atoms with Crippen molar-refractivity contribution in [2.24, 2.45) is 5.14 Å². The summed E-state index contributed by atoms with van der Waals surface area (Å²) in [5, 5.41) is 11.0. The summed E-state index contributed by atoms with van der Waals surface area (Å²) >= 11 is 0. The van der Waals surface area contributed by atoms with Crippen LogP contribution in [0.4, 0.5) is 4.39 Å². The van der Waals surface area contributed by atoms with Gasteiger partial charge in [0.1, 0.15) is 10.7 Å². The lowest BCUT2D eigenvalue weighted by atomic mass is 10.1. The van der Waals surface area contributed by atoms with Gasteiger partial charge in [0, 0.05) is 5.56 Å². The molecule has 16 heavy (non-hydrogen) atoms. The molecule has 7 heteroatoms. The largest absolute Gasteiger partial charge is 0.276 e. The molecule has 0 bridgehead atoms. The summed E-state index contributed by atoms with van der Waals surface area (Å²) in [7, 11) is -3.92. The molecular formula is C9H8FN3O2S. The van der Waals surface area contributed by atoms with E-state index in [2.05, 4.69) is 10.2 Å². The van der Waals surface area contributed by atoms with Crippen molar-refractivity contribution in [1.82, 2.24) is 10.2 Å². The third-order valence-electron chi connectivity index (χ3n) is 2.05. The fourth-order valence-corrected chi connectivity index (χ4v) is 1.99. The summed E-state index contributed by atoms with van der Waals surface area (Å²) in [6.45, 7) is 0. The first-order valence-corrected chi connectivity index (χ1v) is 5.86. The Bertz CT molecular complexity index is 621. The van der Waals surface area contributed by atoms with Crippen molar-refractivity contribution < 1.29 is 12.8 Å². The Morgan fingerprint density at radius 3 is 2.62 bits per heavy atom. The number of halogens is 1. The molecule has 0 radical (unpaired) electrons. The Labute approximate surface area is 91.2 Å². The van der Waals surface area contributed by atoms with E-state index >= 15 is 0 Å². The van der Waals surface area contributed by atoms with E-state index in [-0.39, 0.29) is 16.2 Å². The van der Waals surface area contributed by atoms with Gasteiger partial charge in [0.2, 0.25) is 10.0 Å². The average Bonchev–Trinajstić information content (AvgIpc) is 2.66. The molecular weight excluding hydrogens is 233 g/mol. The number of hydrogen-bond donors (Lipinski definition) is 2. The minimum atomic E-state index is -3.92. The smallest absolute Gasteiger partial charge is 0.241 e. The molecule has 0 spiro atoms. The number of aromatic amines is 1. The van der Waals surface area contributed by atoms with Crippen LogP contribution in [-0.4, -0.2) is 18.6 Å². The van der Waals surface area contributed by atoms with Gasteiger partial charge in [-0.1, -0.05) is 12.1 Å². The fraction of sp³-hybridized carbons (Fsp3) is 0. The summed E-state index contributed by atoms with van der Waals surface area (Å²) in [4.78, 5) is -0.224. The number of nitrogens with one attached hydrogen (secondary N) is 1. The maximum Gasteiger partial charge on any atom is 0.241 e. The third kappa shape index (κ3) is 1.82. The van der Waals surface area contributed by atoms with Crippen LogP contribution in [0.2, 0.25) is 0 Å². The maximum atomic E-state index is 13.4. The molecule has 0 amide bonds. The molecule has 0 saturated carbocycles. The second kappa shape index (κ2) is 3.69. The zero-order valence-electron chi connectivity index (χ0n) is 8.01. The van der Waals surface area contributed by atoms with E-state index in [0.717, 1.165) is 6.20 Å². The fourth-order valence-electron chi connectivity index (χ4n) is 1.35. The summed E-state index contributed by atoms with van der Waals surface area (Å²) in [6, 6.07) is 5.76. The van der Waals surface area contributed by atoms with Crippen LogP contribution in [0.25, 0.3) is 11.3 Å². The highest BCUT2D eigenvalue weighted by atomic mass is 32.2. The van der Waals surface area contributed by atoms with Gasteiger partial charge in [-0.15, -0.1) is 0 Å². The first-order valence-electron chi connectivity index (χ1n) is 4.31. The molecule has 0 aliphatic heterocycles. The summed E-state index contributed by atoms with van der Waals surface area (Å²) < 4.78 is 35.8. The zero-order valence-corrected chi connectivity index (χ0v) is 8.83. The topological polar surface area (TPSA) is 88.8 Å². The van der Waals surface area contributed by atoms with Crippen LogP contribution < -0.4 is 5.14 Å². The number of aromatic nitrogens is 2. The van der Waals surface area contributed by atoms with E-state index < -0.39 is 15.8 Å². The second-order valence-electron chi connectivity index (χ2n) is 3.13. The minimum absolute atomic E-state index is 0.0561. The van der Waals surface area contributed by atoms with Gasteiger partial charge < -0.3 is 0 Å². The van der Waals surface area contributed by atoms with E-state index in [1.807, 2.05) is 0 Å². The molecule has 5 nitrogen and oxygen atoms in total. The van der Waals surface area contributed by atoms with E-state index in [1.165, 1.54) is 18.2 Å². The van der Waals surface area contributed by atoms with Gasteiger partial charge in [-0.3, -0.25) is 5.10 Å². The van der Waals surface area contributed by atoms with Gasteiger partial charge >= 0.3 is 0 Å². The molecule has 0 aliphatic rings. The number of sulfonamides is 1.